The molecule has 37 heavy (non-hydrogen) atoms. The molecule has 1 amide bonds. The minimum atomic E-state index is -0.505. The molecule has 0 atom stereocenters. The van der Waals surface area contributed by atoms with Crippen LogP contribution in [-0.4, -0.2) is 25.0 Å². The van der Waals surface area contributed by atoms with Crippen molar-refractivity contribution in [2.24, 2.45) is 7.05 Å². The number of aryl methyl sites for hydroxylation is 1. The second kappa shape index (κ2) is 9.09. The zero-order chi connectivity index (χ0) is 25.4. The van der Waals surface area contributed by atoms with Gasteiger partial charge in [-0.3, -0.25) is 9.59 Å². The summed E-state index contributed by atoms with van der Waals surface area (Å²) in [5.41, 5.74) is 2.29. The first-order valence-corrected chi connectivity index (χ1v) is 11.6. The van der Waals surface area contributed by atoms with E-state index in [1.165, 1.54) is 6.20 Å². The summed E-state index contributed by atoms with van der Waals surface area (Å²) >= 11 is 0. The number of ether oxygens (including phenoxy) is 1. The van der Waals surface area contributed by atoms with Gasteiger partial charge in [0, 0.05) is 43.2 Å². The number of nitrogens with zero attached hydrogens (tertiary/aromatic N) is 4. The smallest absolute Gasteiger partial charge is 0.261 e. The fourth-order valence-corrected chi connectivity index (χ4v) is 4.27. The van der Waals surface area contributed by atoms with E-state index in [9.17, 15) is 9.59 Å². The van der Waals surface area contributed by atoms with E-state index in [2.05, 4.69) is 15.3 Å². The summed E-state index contributed by atoms with van der Waals surface area (Å²) in [4.78, 5) is 35.1. The highest BCUT2D eigenvalue weighted by molar-refractivity contribution is 6.05. The molecule has 0 unspecified atom stereocenters. The van der Waals surface area contributed by atoms with Crippen molar-refractivity contribution in [3.8, 4) is 17.2 Å². The Morgan fingerprint density at radius 3 is 2.43 bits per heavy atom. The number of benzene rings is 2. The lowest BCUT2D eigenvalue weighted by Crippen LogP contribution is -2.24. The van der Waals surface area contributed by atoms with E-state index in [1.54, 1.807) is 53.4 Å². The largest absolute Gasteiger partial charge is 0.457 e. The molecule has 0 aliphatic rings. The van der Waals surface area contributed by atoms with Gasteiger partial charge in [-0.1, -0.05) is 18.2 Å². The molecule has 4 aromatic heterocycles. The minimum Gasteiger partial charge on any atom is -0.457 e. The van der Waals surface area contributed by atoms with Gasteiger partial charge in [0.15, 0.2) is 0 Å². The number of rotatable bonds is 5. The zero-order valence-corrected chi connectivity index (χ0v) is 19.8. The van der Waals surface area contributed by atoms with E-state index in [0.29, 0.717) is 28.2 Å². The Bertz CT molecular complexity index is 1820. The molecule has 0 fully saturated rings. The number of carbonyl (C=O) groups is 1. The maximum atomic E-state index is 13.2. The van der Waals surface area contributed by atoms with Crippen LogP contribution in [0, 0.1) is 0 Å². The molecule has 6 aromatic rings. The summed E-state index contributed by atoms with van der Waals surface area (Å²) in [6, 6.07) is 23.6. The van der Waals surface area contributed by atoms with Crippen LogP contribution in [0.2, 0.25) is 0 Å². The second-order valence-electron chi connectivity index (χ2n) is 8.51. The number of para-hydroxylation sites is 1. The maximum Gasteiger partial charge on any atom is 0.261 e. The van der Waals surface area contributed by atoms with Gasteiger partial charge in [0.25, 0.3) is 5.91 Å². The monoisotopic (exact) mass is 487 g/mol. The average Bonchev–Trinajstić information content (AvgIpc) is 3.32. The first-order chi connectivity index (χ1) is 18.1. The predicted molar refractivity (Wildman–Crippen MR) is 143 cm³/mol. The Kier molecular flexibility index (Phi) is 5.46. The van der Waals surface area contributed by atoms with Crippen molar-refractivity contribution < 1.29 is 9.53 Å². The van der Waals surface area contributed by atoms with Crippen LogP contribution in [0.15, 0.2) is 108 Å². The van der Waals surface area contributed by atoms with E-state index < -0.39 is 5.91 Å². The van der Waals surface area contributed by atoms with Crippen molar-refractivity contribution in [3.63, 3.8) is 0 Å². The van der Waals surface area contributed by atoms with Crippen LogP contribution >= 0.6 is 0 Å². The summed E-state index contributed by atoms with van der Waals surface area (Å²) in [5, 5.41) is 4.10. The molecule has 1 N–H and O–H groups in total. The van der Waals surface area contributed by atoms with Gasteiger partial charge >= 0.3 is 0 Å². The van der Waals surface area contributed by atoms with Gasteiger partial charge in [-0.15, -0.1) is 0 Å². The summed E-state index contributed by atoms with van der Waals surface area (Å²) in [6.45, 7) is 0. The van der Waals surface area contributed by atoms with Gasteiger partial charge in [-0.25, -0.2) is 9.97 Å². The van der Waals surface area contributed by atoms with E-state index in [1.807, 2.05) is 60.3 Å². The molecule has 0 aliphatic carbocycles. The van der Waals surface area contributed by atoms with Crippen LogP contribution in [0.4, 0.5) is 5.69 Å². The van der Waals surface area contributed by atoms with Crippen LogP contribution in [0.5, 0.6) is 11.5 Å². The molecule has 4 heterocycles. The van der Waals surface area contributed by atoms with E-state index in [-0.39, 0.29) is 11.0 Å². The fraction of sp³-hybridized carbons (Fsp3) is 0.0345. The molecule has 8 heteroatoms. The molecular formula is C29H21N5O3. The Balaban J connectivity index is 1.28. The quantitative estimate of drug-likeness (QED) is 0.356. The first-order valence-electron chi connectivity index (χ1n) is 11.6. The van der Waals surface area contributed by atoms with Crippen LogP contribution in [-0.2, 0) is 7.05 Å². The van der Waals surface area contributed by atoms with Crippen LogP contribution in [0.25, 0.3) is 27.8 Å². The van der Waals surface area contributed by atoms with Gasteiger partial charge < -0.3 is 19.2 Å². The van der Waals surface area contributed by atoms with E-state index in [0.717, 1.165) is 16.7 Å². The van der Waals surface area contributed by atoms with Crippen molar-refractivity contribution in [2.75, 3.05) is 5.32 Å². The molecule has 0 bridgehead atoms. The first kappa shape index (κ1) is 22.2. The van der Waals surface area contributed by atoms with Crippen molar-refractivity contribution in [2.45, 2.75) is 0 Å². The number of amides is 1. The van der Waals surface area contributed by atoms with Gasteiger partial charge in [0.05, 0.1) is 10.8 Å². The van der Waals surface area contributed by atoms with Gasteiger partial charge in [-0.2, -0.15) is 0 Å². The number of hydrogen-bond donors (Lipinski definition) is 1. The van der Waals surface area contributed by atoms with Gasteiger partial charge in [0.2, 0.25) is 5.43 Å². The Morgan fingerprint density at radius 1 is 0.838 bits per heavy atom. The molecule has 0 radical (unpaired) electrons. The average molecular weight is 488 g/mol. The molecule has 0 saturated carbocycles. The molecule has 0 spiro atoms. The normalized spacial score (nSPS) is 11.1. The lowest BCUT2D eigenvalue weighted by molar-refractivity contribution is 0.102. The highest BCUT2D eigenvalue weighted by atomic mass is 16.5. The van der Waals surface area contributed by atoms with Gasteiger partial charge in [0.1, 0.15) is 28.4 Å². The third-order valence-corrected chi connectivity index (χ3v) is 6.11. The van der Waals surface area contributed by atoms with E-state index in [4.69, 9.17) is 4.74 Å². The van der Waals surface area contributed by atoms with Crippen LogP contribution in [0.3, 0.4) is 0 Å². The summed E-state index contributed by atoms with van der Waals surface area (Å²) in [6.07, 6.45) is 6.79. The second-order valence-corrected chi connectivity index (χ2v) is 8.51. The van der Waals surface area contributed by atoms with Crippen LogP contribution in [0.1, 0.15) is 10.4 Å². The lowest BCUT2D eigenvalue weighted by Gasteiger charge is -2.13. The van der Waals surface area contributed by atoms with Crippen molar-refractivity contribution >= 4 is 33.7 Å². The van der Waals surface area contributed by atoms with Crippen molar-refractivity contribution in [3.05, 3.63) is 119 Å². The molecule has 8 nitrogen and oxygen atoms in total. The predicted octanol–water partition coefficient (Wildman–Crippen LogP) is 5.32. The number of pyridine rings is 3. The van der Waals surface area contributed by atoms with Crippen molar-refractivity contribution in [1.82, 2.24) is 19.1 Å². The highest BCUT2D eigenvalue weighted by Crippen LogP contribution is 2.29. The third kappa shape index (κ3) is 4.10. The summed E-state index contributed by atoms with van der Waals surface area (Å²) < 4.78 is 9.73. The fourth-order valence-electron chi connectivity index (χ4n) is 4.27. The summed E-state index contributed by atoms with van der Waals surface area (Å²) in [5.74, 6) is 0.792. The van der Waals surface area contributed by atoms with Crippen molar-refractivity contribution in [1.29, 1.82) is 0 Å². The molecule has 6 rings (SSSR count). The number of fused-ring (bicyclic) bond motifs is 2. The molecule has 180 valence electrons. The molecule has 0 aliphatic heterocycles. The molecule has 2 aromatic carbocycles. The Morgan fingerprint density at radius 2 is 1.62 bits per heavy atom. The van der Waals surface area contributed by atoms with E-state index >= 15 is 0 Å². The number of aromatic nitrogens is 4. The summed E-state index contributed by atoms with van der Waals surface area (Å²) in [7, 11) is 1.93. The SMILES string of the molecule is Cn1ccc2c(Oc3ccc(NC(=O)c4cn(-c5ccccc5)c5ncccc5c4=O)cc3)ccnc21. The molecule has 0 saturated heterocycles. The standard InChI is InChI=1S/C29H21N5O3/c1-33-17-14-22-25(13-16-31-27(22)33)37-21-11-9-19(10-12-21)32-29(36)24-18-34(20-6-3-2-4-7-20)28-23(26(24)35)8-5-15-30-28/h2-18H,1H3,(H,32,36). The third-order valence-electron chi connectivity index (χ3n) is 6.11. The number of carbonyl (C=O) groups excluding carboxylic acids is 1. The lowest BCUT2D eigenvalue weighted by atomic mass is 10.1. The van der Waals surface area contributed by atoms with Crippen LogP contribution < -0.4 is 15.5 Å². The highest BCUT2D eigenvalue weighted by Gasteiger charge is 2.17. The number of hydrogen-bond acceptors (Lipinski definition) is 5. The van der Waals surface area contributed by atoms with Gasteiger partial charge in [-0.05, 0) is 60.7 Å². The molecular weight excluding hydrogens is 466 g/mol. The minimum absolute atomic E-state index is 0.0212. The zero-order valence-electron chi connectivity index (χ0n) is 19.8. The number of nitrogens with one attached hydrogen (secondary N) is 1. The maximum absolute atomic E-state index is 13.2. The Labute approximate surface area is 211 Å². The Hall–Kier alpha value is -5.24. The topological polar surface area (TPSA) is 91.0 Å². The number of anilines is 1.